The number of nitrogens with zero attached hydrogens (tertiary/aromatic N) is 2. The van der Waals surface area contributed by atoms with E-state index < -0.39 is 11.2 Å². The average Bonchev–Trinajstić information content (AvgIpc) is 3.07. The Morgan fingerprint density at radius 3 is 2.45 bits per heavy atom. The lowest BCUT2D eigenvalue weighted by atomic mass is 10.1. The quantitative estimate of drug-likeness (QED) is 0.457. The summed E-state index contributed by atoms with van der Waals surface area (Å²) in [6.45, 7) is 3.65. The van der Waals surface area contributed by atoms with Crippen molar-refractivity contribution in [2.75, 3.05) is 0 Å². The van der Waals surface area contributed by atoms with Crippen LogP contribution in [0.3, 0.4) is 0 Å². The number of carbonyl (C=O) groups is 1. The smallest absolute Gasteiger partial charge is 0.292 e. The Balaban J connectivity index is 1.93. The van der Waals surface area contributed by atoms with Crippen molar-refractivity contribution in [2.45, 2.75) is 20.4 Å². The van der Waals surface area contributed by atoms with Crippen molar-refractivity contribution in [3.8, 4) is 5.69 Å². The van der Waals surface area contributed by atoms with E-state index in [1.54, 1.807) is 42.5 Å². The van der Waals surface area contributed by atoms with E-state index in [0.29, 0.717) is 26.5 Å². The number of carbonyl (C=O) groups excluding carboxylic acids is 1. The molecule has 0 saturated carbocycles. The SMILES string of the molecule is Cc1ccc(C(=O)Cn2c(=O)n(-c3cccc(Cl)c3)c(=O)c3cc(C)sc32)cc1. The van der Waals surface area contributed by atoms with E-state index in [-0.39, 0.29) is 12.3 Å². The van der Waals surface area contributed by atoms with Crippen molar-refractivity contribution in [1.29, 1.82) is 0 Å². The highest BCUT2D eigenvalue weighted by atomic mass is 35.5. The van der Waals surface area contributed by atoms with Crippen LogP contribution in [0.15, 0.2) is 64.2 Å². The summed E-state index contributed by atoms with van der Waals surface area (Å²) in [5.41, 5.74) is 0.950. The monoisotopic (exact) mass is 424 g/mol. The fourth-order valence-electron chi connectivity index (χ4n) is 3.23. The van der Waals surface area contributed by atoms with Gasteiger partial charge in [-0.1, -0.05) is 47.5 Å². The van der Waals surface area contributed by atoms with Crippen LogP contribution in [0, 0.1) is 13.8 Å². The summed E-state index contributed by atoms with van der Waals surface area (Å²) in [5.74, 6) is -0.198. The number of Topliss-reactive ketones (excluding diaryl/α,β-unsaturated/α-hetero) is 1. The Bertz CT molecular complexity index is 1360. The second-order valence-electron chi connectivity index (χ2n) is 6.85. The number of aromatic nitrogens is 2. The maximum Gasteiger partial charge on any atom is 0.337 e. The molecule has 0 saturated heterocycles. The molecule has 146 valence electrons. The maximum atomic E-state index is 13.3. The number of benzene rings is 2. The van der Waals surface area contributed by atoms with Gasteiger partial charge in [-0.3, -0.25) is 14.2 Å². The van der Waals surface area contributed by atoms with Gasteiger partial charge in [0.2, 0.25) is 0 Å². The van der Waals surface area contributed by atoms with Gasteiger partial charge >= 0.3 is 5.69 Å². The molecule has 2 aromatic heterocycles. The summed E-state index contributed by atoms with van der Waals surface area (Å²) >= 11 is 7.39. The lowest BCUT2D eigenvalue weighted by Crippen LogP contribution is -2.39. The van der Waals surface area contributed by atoms with Crippen molar-refractivity contribution >= 4 is 38.9 Å². The highest BCUT2D eigenvalue weighted by Crippen LogP contribution is 2.22. The Morgan fingerprint density at radius 2 is 1.76 bits per heavy atom. The van der Waals surface area contributed by atoms with Gasteiger partial charge < -0.3 is 0 Å². The fraction of sp³-hybridized carbons (Fsp3) is 0.136. The van der Waals surface area contributed by atoms with Gasteiger partial charge in [-0.2, -0.15) is 0 Å². The van der Waals surface area contributed by atoms with Gasteiger partial charge in [0.15, 0.2) is 5.78 Å². The van der Waals surface area contributed by atoms with Crippen LogP contribution in [0.25, 0.3) is 15.9 Å². The predicted octanol–water partition coefficient (Wildman–Crippen LogP) is 4.37. The number of hydrogen-bond donors (Lipinski definition) is 0. The van der Waals surface area contributed by atoms with Gasteiger partial charge in [-0.15, -0.1) is 11.3 Å². The van der Waals surface area contributed by atoms with Crippen molar-refractivity contribution in [2.24, 2.45) is 0 Å². The predicted molar refractivity (Wildman–Crippen MR) is 117 cm³/mol. The second-order valence-corrected chi connectivity index (χ2v) is 8.53. The lowest BCUT2D eigenvalue weighted by Gasteiger charge is -2.12. The van der Waals surface area contributed by atoms with Crippen LogP contribution in [-0.2, 0) is 6.54 Å². The molecule has 29 heavy (non-hydrogen) atoms. The van der Waals surface area contributed by atoms with E-state index in [9.17, 15) is 14.4 Å². The molecule has 7 heteroatoms. The van der Waals surface area contributed by atoms with Gasteiger partial charge in [0.25, 0.3) is 5.56 Å². The van der Waals surface area contributed by atoms with Crippen LogP contribution in [0.1, 0.15) is 20.8 Å². The molecule has 0 spiro atoms. The maximum absolute atomic E-state index is 13.3. The third-order valence-electron chi connectivity index (χ3n) is 4.68. The first-order valence-electron chi connectivity index (χ1n) is 8.97. The molecule has 2 aromatic carbocycles. The number of hydrogen-bond acceptors (Lipinski definition) is 4. The molecule has 0 aliphatic carbocycles. The molecule has 0 unspecified atom stereocenters. The Labute approximate surface area is 175 Å². The molecule has 5 nitrogen and oxygen atoms in total. The summed E-state index contributed by atoms with van der Waals surface area (Å²) in [7, 11) is 0. The highest BCUT2D eigenvalue weighted by molar-refractivity contribution is 7.18. The summed E-state index contributed by atoms with van der Waals surface area (Å²) in [4.78, 5) is 40.6. The number of rotatable bonds is 4. The van der Waals surface area contributed by atoms with E-state index in [4.69, 9.17) is 11.6 Å². The first kappa shape index (κ1) is 19.4. The molecule has 0 fully saturated rings. The zero-order valence-electron chi connectivity index (χ0n) is 15.8. The number of halogens is 1. The third-order valence-corrected chi connectivity index (χ3v) is 5.99. The molecule has 0 atom stereocenters. The zero-order chi connectivity index (χ0) is 20.7. The summed E-state index contributed by atoms with van der Waals surface area (Å²) in [5, 5.41) is 0.821. The standard InChI is InChI=1S/C22H17ClN2O3S/c1-13-6-8-15(9-7-13)19(26)12-24-21-18(10-14(2)29-21)20(27)25(22(24)28)17-5-3-4-16(23)11-17/h3-11H,12H2,1-2H3. The Hall–Kier alpha value is -2.96. The molecule has 4 rings (SSSR count). The summed E-state index contributed by atoms with van der Waals surface area (Å²) < 4.78 is 2.44. The minimum Gasteiger partial charge on any atom is -0.292 e. The molecule has 0 aliphatic rings. The van der Waals surface area contributed by atoms with E-state index in [0.717, 1.165) is 15.0 Å². The number of ketones is 1. The first-order chi connectivity index (χ1) is 13.8. The molecule has 4 aromatic rings. The summed E-state index contributed by atoms with van der Waals surface area (Å²) in [6, 6.07) is 15.5. The van der Waals surface area contributed by atoms with E-state index in [2.05, 4.69) is 0 Å². The van der Waals surface area contributed by atoms with Crippen LogP contribution in [-0.4, -0.2) is 14.9 Å². The molecule has 0 amide bonds. The Kier molecular flexibility index (Phi) is 4.98. The largest absolute Gasteiger partial charge is 0.337 e. The van der Waals surface area contributed by atoms with Crippen molar-refractivity contribution < 1.29 is 4.79 Å². The number of thiophene rings is 1. The van der Waals surface area contributed by atoms with Gasteiger partial charge in [0.1, 0.15) is 4.83 Å². The van der Waals surface area contributed by atoms with Crippen LogP contribution in [0.5, 0.6) is 0 Å². The highest BCUT2D eigenvalue weighted by Gasteiger charge is 2.19. The second kappa shape index (κ2) is 7.46. The molecular formula is C22H17ClN2O3S. The topological polar surface area (TPSA) is 61.1 Å². The minimum absolute atomic E-state index is 0.154. The summed E-state index contributed by atoms with van der Waals surface area (Å²) in [6.07, 6.45) is 0. The van der Waals surface area contributed by atoms with Crippen molar-refractivity contribution in [3.63, 3.8) is 0 Å². The van der Waals surface area contributed by atoms with Crippen LogP contribution in [0.2, 0.25) is 5.02 Å². The fourth-order valence-corrected chi connectivity index (χ4v) is 4.40. The van der Waals surface area contributed by atoms with Crippen LogP contribution >= 0.6 is 22.9 Å². The first-order valence-corrected chi connectivity index (χ1v) is 10.2. The van der Waals surface area contributed by atoms with E-state index in [1.807, 2.05) is 26.0 Å². The van der Waals surface area contributed by atoms with Crippen molar-refractivity contribution in [3.05, 3.63) is 96.5 Å². The molecule has 2 heterocycles. The van der Waals surface area contributed by atoms with Gasteiger partial charge in [-0.25, -0.2) is 9.36 Å². The molecule has 0 aliphatic heterocycles. The van der Waals surface area contributed by atoms with Crippen LogP contribution < -0.4 is 11.2 Å². The van der Waals surface area contributed by atoms with E-state index >= 15 is 0 Å². The number of aryl methyl sites for hydroxylation is 2. The lowest BCUT2D eigenvalue weighted by molar-refractivity contribution is 0.0972. The Morgan fingerprint density at radius 1 is 1.03 bits per heavy atom. The minimum atomic E-state index is -0.563. The van der Waals surface area contributed by atoms with Crippen LogP contribution in [0.4, 0.5) is 0 Å². The normalized spacial score (nSPS) is 11.1. The number of fused-ring (bicyclic) bond motifs is 1. The molecular weight excluding hydrogens is 408 g/mol. The van der Waals surface area contributed by atoms with Gasteiger partial charge in [0, 0.05) is 15.5 Å². The van der Waals surface area contributed by atoms with Crippen molar-refractivity contribution in [1.82, 2.24) is 9.13 Å². The average molecular weight is 425 g/mol. The zero-order valence-corrected chi connectivity index (χ0v) is 17.4. The van der Waals surface area contributed by atoms with Gasteiger partial charge in [-0.05, 0) is 38.1 Å². The molecule has 0 radical (unpaired) electrons. The third kappa shape index (κ3) is 3.57. The molecule has 0 N–H and O–H groups in total. The van der Waals surface area contributed by atoms with Gasteiger partial charge in [0.05, 0.1) is 17.6 Å². The molecule has 0 bridgehead atoms. The van der Waals surface area contributed by atoms with E-state index in [1.165, 1.54) is 15.9 Å².